The molecule has 2 aromatic rings. The lowest BCUT2D eigenvalue weighted by molar-refractivity contribution is 0.172. The van der Waals surface area contributed by atoms with Crippen molar-refractivity contribution in [3.8, 4) is 28.6 Å². The summed E-state index contributed by atoms with van der Waals surface area (Å²) < 4.78 is 16.4. The molecule has 0 bridgehead atoms. The van der Waals surface area contributed by atoms with E-state index in [1.165, 1.54) is 0 Å². The van der Waals surface area contributed by atoms with Gasteiger partial charge < -0.3 is 14.2 Å². The third-order valence-electron chi connectivity index (χ3n) is 2.77. The zero-order valence-electron chi connectivity index (χ0n) is 10.1. The number of para-hydroxylation sites is 1. The van der Waals surface area contributed by atoms with Gasteiger partial charge in [-0.1, -0.05) is 12.1 Å². The van der Waals surface area contributed by atoms with Crippen LogP contribution in [-0.4, -0.2) is 25.3 Å². The summed E-state index contributed by atoms with van der Waals surface area (Å²) >= 11 is 0. The lowest BCUT2D eigenvalue weighted by Gasteiger charge is -2.20. The summed E-state index contributed by atoms with van der Waals surface area (Å²) in [6.07, 6.45) is 0. The van der Waals surface area contributed by atoms with Gasteiger partial charge in [0.2, 0.25) is 5.88 Å². The summed E-state index contributed by atoms with van der Waals surface area (Å²) in [6.45, 7) is 1.15. The molecule has 0 saturated carbocycles. The number of fused-ring (bicyclic) bond motifs is 1. The van der Waals surface area contributed by atoms with Gasteiger partial charge in [0.25, 0.3) is 0 Å². The molecule has 1 aromatic carbocycles. The van der Waals surface area contributed by atoms with Gasteiger partial charge in [-0.2, -0.15) is 0 Å². The first-order valence-corrected chi connectivity index (χ1v) is 5.78. The van der Waals surface area contributed by atoms with Crippen LogP contribution < -0.4 is 14.2 Å². The first kappa shape index (κ1) is 10.9. The normalized spacial score (nSPS) is 13.2. The number of pyridine rings is 1. The summed E-state index contributed by atoms with van der Waals surface area (Å²) in [5, 5.41) is 0. The minimum Gasteiger partial charge on any atom is -0.486 e. The van der Waals surface area contributed by atoms with E-state index in [0.717, 1.165) is 22.8 Å². The summed E-state index contributed by atoms with van der Waals surface area (Å²) in [4.78, 5) is 4.41. The van der Waals surface area contributed by atoms with Crippen LogP contribution in [0.1, 0.15) is 0 Å². The predicted molar refractivity (Wildman–Crippen MR) is 67.2 cm³/mol. The molecule has 0 spiro atoms. The van der Waals surface area contributed by atoms with Crippen LogP contribution in [0.25, 0.3) is 11.3 Å². The molecule has 0 unspecified atom stereocenters. The molecule has 0 saturated heterocycles. The van der Waals surface area contributed by atoms with Crippen LogP contribution in [0.15, 0.2) is 36.4 Å². The van der Waals surface area contributed by atoms with E-state index in [1.54, 1.807) is 7.11 Å². The lowest BCUT2D eigenvalue weighted by Crippen LogP contribution is -2.15. The molecule has 0 atom stereocenters. The van der Waals surface area contributed by atoms with E-state index < -0.39 is 0 Å². The van der Waals surface area contributed by atoms with Crippen molar-refractivity contribution in [2.75, 3.05) is 20.3 Å². The van der Waals surface area contributed by atoms with E-state index in [9.17, 15) is 0 Å². The number of methoxy groups -OCH3 is 1. The highest BCUT2D eigenvalue weighted by molar-refractivity contribution is 5.71. The standard InChI is InChI=1S/C14H13NO3/c1-16-13-7-3-5-11(15-13)10-4-2-6-12-14(10)18-9-8-17-12/h2-7H,8-9H2,1H3. The van der Waals surface area contributed by atoms with Gasteiger partial charge in [0.1, 0.15) is 13.2 Å². The van der Waals surface area contributed by atoms with E-state index in [2.05, 4.69) is 4.98 Å². The molecule has 1 aromatic heterocycles. The Morgan fingerprint density at radius 2 is 1.89 bits per heavy atom. The molecule has 18 heavy (non-hydrogen) atoms. The fourth-order valence-corrected chi connectivity index (χ4v) is 1.95. The van der Waals surface area contributed by atoms with E-state index in [1.807, 2.05) is 36.4 Å². The van der Waals surface area contributed by atoms with E-state index in [4.69, 9.17) is 14.2 Å². The Kier molecular flexibility index (Phi) is 2.76. The molecule has 0 fully saturated rings. The number of hydrogen-bond donors (Lipinski definition) is 0. The van der Waals surface area contributed by atoms with Crippen LogP contribution in [0.4, 0.5) is 0 Å². The Bertz CT molecular complexity index is 569. The lowest BCUT2D eigenvalue weighted by atomic mass is 10.1. The van der Waals surface area contributed by atoms with E-state index in [0.29, 0.717) is 19.1 Å². The molecule has 1 aliphatic rings. The molecule has 2 heterocycles. The van der Waals surface area contributed by atoms with E-state index in [-0.39, 0.29) is 0 Å². The third-order valence-corrected chi connectivity index (χ3v) is 2.77. The molecule has 1 aliphatic heterocycles. The number of rotatable bonds is 2. The molecular weight excluding hydrogens is 230 g/mol. The molecular formula is C14H13NO3. The van der Waals surface area contributed by atoms with Crippen LogP contribution in [0.5, 0.6) is 17.4 Å². The van der Waals surface area contributed by atoms with Crippen molar-refractivity contribution in [3.63, 3.8) is 0 Å². The fourth-order valence-electron chi connectivity index (χ4n) is 1.95. The van der Waals surface area contributed by atoms with Gasteiger partial charge in [-0.15, -0.1) is 0 Å². The van der Waals surface area contributed by atoms with Crippen LogP contribution in [-0.2, 0) is 0 Å². The minimum atomic E-state index is 0.563. The number of benzene rings is 1. The summed E-state index contributed by atoms with van der Waals surface area (Å²) in [5.74, 6) is 2.11. The van der Waals surface area contributed by atoms with Crippen LogP contribution in [0, 0.1) is 0 Å². The highest BCUT2D eigenvalue weighted by Gasteiger charge is 2.17. The number of ether oxygens (including phenoxy) is 3. The van der Waals surface area contributed by atoms with Crippen molar-refractivity contribution in [2.24, 2.45) is 0 Å². The molecule has 0 aliphatic carbocycles. The summed E-state index contributed by atoms with van der Waals surface area (Å²) in [5.41, 5.74) is 1.74. The maximum Gasteiger partial charge on any atom is 0.213 e. The Hall–Kier alpha value is -2.23. The number of nitrogens with zero attached hydrogens (tertiary/aromatic N) is 1. The predicted octanol–water partition coefficient (Wildman–Crippen LogP) is 2.53. The average molecular weight is 243 g/mol. The topological polar surface area (TPSA) is 40.6 Å². The van der Waals surface area contributed by atoms with Gasteiger partial charge >= 0.3 is 0 Å². The van der Waals surface area contributed by atoms with E-state index >= 15 is 0 Å². The maximum absolute atomic E-state index is 5.68. The monoisotopic (exact) mass is 243 g/mol. The number of hydrogen-bond acceptors (Lipinski definition) is 4. The summed E-state index contributed by atoms with van der Waals surface area (Å²) in [7, 11) is 1.60. The van der Waals surface area contributed by atoms with Crippen molar-refractivity contribution in [2.45, 2.75) is 0 Å². The Morgan fingerprint density at radius 1 is 1.06 bits per heavy atom. The minimum absolute atomic E-state index is 0.563. The van der Waals surface area contributed by atoms with Crippen molar-refractivity contribution in [3.05, 3.63) is 36.4 Å². The highest BCUT2D eigenvalue weighted by Crippen LogP contribution is 2.39. The highest BCUT2D eigenvalue weighted by atomic mass is 16.6. The smallest absolute Gasteiger partial charge is 0.213 e. The molecule has 92 valence electrons. The van der Waals surface area contributed by atoms with Crippen molar-refractivity contribution in [1.29, 1.82) is 0 Å². The van der Waals surface area contributed by atoms with Crippen molar-refractivity contribution < 1.29 is 14.2 Å². The van der Waals surface area contributed by atoms with Crippen molar-refractivity contribution in [1.82, 2.24) is 4.98 Å². The van der Waals surface area contributed by atoms with Crippen LogP contribution >= 0.6 is 0 Å². The van der Waals surface area contributed by atoms with Gasteiger partial charge in [0, 0.05) is 11.6 Å². The first-order valence-electron chi connectivity index (χ1n) is 5.78. The Morgan fingerprint density at radius 3 is 2.78 bits per heavy atom. The Balaban J connectivity index is 2.10. The van der Waals surface area contributed by atoms with Crippen LogP contribution in [0.3, 0.4) is 0 Å². The maximum atomic E-state index is 5.68. The zero-order valence-corrected chi connectivity index (χ0v) is 10.1. The van der Waals surface area contributed by atoms with Gasteiger partial charge in [-0.3, -0.25) is 0 Å². The molecule has 0 amide bonds. The van der Waals surface area contributed by atoms with Crippen LogP contribution in [0.2, 0.25) is 0 Å². The second-order valence-corrected chi connectivity index (χ2v) is 3.89. The molecule has 4 heteroatoms. The largest absolute Gasteiger partial charge is 0.486 e. The average Bonchev–Trinajstić information content (AvgIpc) is 2.47. The second-order valence-electron chi connectivity index (χ2n) is 3.89. The SMILES string of the molecule is COc1cccc(-c2cccc3c2OCCO3)n1. The van der Waals surface area contributed by atoms with Gasteiger partial charge in [0.15, 0.2) is 11.5 Å². The molecule has 0 N–H and O–H groups in total. The molecule has 4 nitrogen and oxygen atoms in total. The first-order chi connectivity index (χ1) is 8.88. The van der Waals surface area contributed by atoms with Gasteiger partial charge in [0.05, 0.1) is 12.8 Å². The van der Waals surface area contributed by atoms with Crippen molar-refractivity contribution >= 4 is 0 Å². The third kappa shape index (κ3) is 1.86. The zero-order chi connectivity index (χ0) is 12.4. The summed E-state index contributed by atoms with van der Waals surface area (Å²) in [6, 6.07) is 11.5. The van der Waals surface area contributed by atoms with Gasteiger partial charge in [-0.05, 0) is 18.2 Å². The second kappa shape index (κ2) is 4.56. The molecule has 0 radical (unpaired) electrons. The van der Waals surface area contributed by atoms with Gasteiger partial charge in [-0.25, -0.2) is 4.98 Å². The fraction of sp³-hybridized carbons (Fsp3) is 0.214. The quantitative estimate of drug-likeness (QED) is 0.812. The Labute approximate surface area is 105 Å². The molecule has 3 rings (SSSR count). The number of aromatic nitrogens is 1.